The van der Waals surface area contributed by atoms with Crippen molar-refractivity contribution in [2.24, 2.45) is 11.8 Å². The van der Waals surface area contributed by atoms with Crippen LogP contribution < -0.4 is 10.3 Å². The van der Waals surface area contributed by atoms with Gasteiger partial charge in [0.15, 0.2) is 0 Å². The first-order valence-corrected chi connectivity index (χ1v) is 11.5. The fourth-order valence-electron chi connectivity index (χ4n) is 3.83. The van der Waals surface area contributed by atoms with Gasteiger partial charge in [0.05, 0.1) is 18.7 Å². The minimum absolute atomic E-state index is 0.0111. The highest BCUT2D eigenvalue weighted by molar-refractivity contribution is 5.85. The lowest BCUT2D eigenvalue weighted by atomic mass is 9.94. The number of carbonyl (C=O) groups excluding carboxylic acids is 1. The molecule has 1 aromatic heterocycles. The van der Waals surface area contributed by atoms with Crippen LogP contribution in [0.15, 0.2) is 72.0 Å². The lowest BCUT2D eigenvalue weighted by molar-refractivity contribution is -0.138. The molecule has 0 radical (unpaired) electrons. The van der Waals surface area contributed by atoms with Crippen LogP contribution in [-0.2, 0) is 9.53 Å². The largest absolute Gasteiger partial charge is 0.493 e. The normalized spacial score (nSPS) is 13.0. The summed E-state index contributed by atoms with van der Waals surface area (Å²) in [6.45, 7) is 12.6. The second kappa shape index (κ2) is 11.0. The average Bonchev–Trinajstić information content (AvgIpc) is 2.82. The van der Waals surface area contributed by atoms with Crippen LogP contribution in [0.1, 0.15) is 40.2 Å². The molecule has 2 unspecified atom stereocenters. The molecule has 1 heterocycles. The van der Waals surface area contributed by atoms with Crippen molar-refractivity contribution < 1.29 is 14.3 Å². The van der Waals surface area contributed by atoms with Crippen molar-refractivity contribution in [1.29, 1.82) is 0 Å². The summed E-state index contributed by atoms with van der Waals surface area (Å²) >= 11 is 0. The highest BCUT2D eigenvalue weighted by atomic mass is 16.5. The predicted molar refractivity (Wildman–Crippen MR) is 134 cm³/mol. The monoisotopic (exact) mass is 447 g/mol. The maximum Gasteiger partial charge on any atom is 0.330 e. The summed E-state index contributed by atoms with van der Waals surface area (Å²) in [5.74, 6) is 0.996. The van der Waals surface area contributed by atoms with E-state index in [1.807, 2.05) is 73.0 Å². The zero-order chi connectivity index (χ0) is 24.0. The number of ether oxygens (including phenoxy) is 2. The van der Waals surface area contributed by atoms with E-state index in [1.54, 1.807) is 0 Å². The number of esters is 1. The van der Waals surface area contributed by atoms with Crippen molar-refractivity contribution in [3.8, 4) is 16.9 Å². The van der Waals surface area contributed by atoms with Crippen molar-refractivity contribution >= 4 is 16.9 Å². The van der Waals surface area contributed by atoms with Gasteiger partial charge in [-0.25, -0.2) is 4.79 Å². The molecule has 0 bridgehead atoms. The fourth-order valence-corrected chi connectivity index (χ4v) is 3.83. The summed E-state index contributed by atoms with van der Waals surface area (Å²) in [6, 6.07) is 17.6. The summed E-state index contributed by atoms with van der Waals surface area (Å²) in [5, 5.41) is 0.969. The van der Waals surface area contributed by atoms with Crippen LogP contribution >= 0.6 is 0 Å². The van der Waals surface area contributed by atoms with E-state index in [9.17, 15) is 9.59 Å². The summed E-state index contributed by atoms with van der Waals surface area (Å²) in [4.78, 5) is 24.4. The molecule has 33 heavy (non-hydrogen) atoms. The lowest BCUT2D eigenvalue weighted by Gasteiger charge is -2.21. The molecule has 3 rings (SSSR count). The molecule has 0 fully saturated rings. The number of hydrogen-bond acceptors (Lipinski definition) is 4. The zero-order valence-corrected chi connectivity index (χ0v) is 19.9. The third kappa shape index (κ3) is 5.92. The molecule has 5 heteroatoms. The Morgan fingerprint density at radius 3 is 2.42 bits per heavy atom. The fraction of sp³-hybridized carbons (Fsp3) is 0.357. The molecule has 0 aliphatic carbocycles. The topological polar surface area (TPSA) is 57.5 Å². The van der Waals surface area contributed by atoms with Gasteiger partial charge in [0.25, 0.3) is 5.56 Å². The molecule has 0 N–H and O–H groups in total. The van der Waals surface area contributed by atoms with Crippen LogP contribution in [0.5, 0.6) is 5.75 Å². The Labute approximate surface area is 195 Å². The number of benzene rings is 2. The number of nitrogens with zero attached hydrogens (tertiary/aromatic N) is 1. The van der Waals surface area contributed by atoms with Crippen LogP contribution in [0, 0.1) is 11.8 Å². The Morgan fingerprint density at radius 2 is 1.76 bits per heavy atom. The second-order valence-corrected chi connectivity index (χ2v) is 8.84. The van der Waals surface area contributed by atoms with E-state index in [0.717, 1.165) is 28.6 Å². The molecule has 0 aliphatic rings. The molecule has 0 aliphatic heterocycles. The molecule has 2 atom stereocenters. The third-order valence-electron chi connectivity index (χ3n) is 6.08. The third-order valence-corrected chi connectivity index (χ3v) is 6.08. The van der Waals surface area contributed by atoms with Crippen molar-refractivity contribution in [2.45, 2.75) is 40.2 Å². The van der Waals surface area contributed by atoms with Crippen molar-refractivity contribution in [2.75, 3.05) is 13.2 Å². The zero-order valence-electron chi connectivity index (χ0n) is 19.9. The standard InChI is InChI=1S/C28H33NO4/c1-6-27(30)32-15-14-20(4)21(5)18-33-24-12-13-26-23(16-24)17-25(22-10-8-7-9-11-22)28(31)29(26)19(2)3/h6-13,16-17,19-21H,1,14-15,18H2,2-5H3. The summed E-state index contributed by atoms with van der Waals surface area (Å²) in [5.41, 5.74) is 2.50. The second-order valence-electron chi connectivity index (χ2n) is 8.84. The smallest absolute Gasteiger partial charge is 0.330 e. The van der Waals surface area contributed by atoms with Gasteiger partial charge in [0.1, 0.15) is 5.75 Å². The van der Waals surface area contributed by atoms with Gasteiger partial charge in [-0.15, -0.1) is 0 Å². The molecule has 2 aromatic carbocycles. The molecule has 0 saturated carbocycles. The summed E-state index contributed by atoms with van der Waals surface area (Å²) in [7, 11) is 0. The van der Waals surface area contributed by atoms with Gasteiger partial charge in [-0.2, -0.15) is 0 Å². The van der Waals surface area contributed by atoms with Crippen LogP contribution in [0.3, 0.4) is 0 Å². The van der Waals surface area contributed by atoms with Gasteiger partial charge in [0, 0.05) is 23.1 Å². The molecule has 0 saturated heterocycles. The molecule has 0 spiro atoms. The Kier molecular flexibility index (Phi) is 8.10. The minimum Gasteiger partial charge on any atom is -0.493 e. The van der Waals surface area contributed by atoms with E-state index in [4.69, 9.17) is 9.47 Å². The van der Waals surface area contributed by atoms with Gasteiger partial charge >= 0.3 is 5.97 Å². The molecular weight excluding hydrogens is 414 g/mol. The van der Waals surface area contributed by atoms with Gasteiger partial charge in [-0.1, -0.05) is 50.8 Å². The van der Waals surface area contributed by atoms with Crippen molar-refractivity contribution in [3.63, 3.8) is 0 Å². The van der Waals surface area contributed by atoms with Gasteiger partial charge < -0.3 is 14.0 Å². The van der Waals surface area contributed by atoms with E-state index in [1.165, 1.54) is 6.08 Å². The highest BCUT2D eigenvalue weighted by Crippen LogP contribution is 2.27. The van der Waals surface area contributed by atoms with Crippen molar-refractivity contribution in [1.82, 2.24) is 4.57 Å². The van der Waals surface area contributed by atoms with Crippen molar-refractivity contribution in [3.05, 3.63) is 77.6 Å². The summed E-state index contributed by atoms with van der Waals surface area (Å²) in [6.07, 6.45) is 1.95. The molecule has 3 aromatic rings. The number of pyridine rings is 1. The molecule has 5 nitrogen and oxygen atoms in total. The van der Waals surface area contributed by atoms with E-state index in [2.05, 4.69) is 20.4 Å². The Hall–Kier alpha value is -3.34. The number of hydrogen-bond donors (Lipinski definition) is 0. The van der Waals surface area contributed by atoms with Crippen LogP contribution in [-0.4, -0.2) is 23.8 Å². The van der Waals surface area contributed by atoms with Crippen LogP contribution in [0.25, 0.3) is 22.0 Å². The molecule has 174 valence electrons. The van der Waals surface area contributed by atoms with Gasteiger partial charge in [-0.05, 0) is 61.9 Å². The average molecular weight is 448 g/mol. The Morgan fingerprint density at radius 1 is 1.03 bits per heavy atom. The number of fused-ring (bicyclic) bond motifs is 1. The van der Waals surface area contributed by atoms with E-state index >= 15 is 0 Å². The van der Waals surface area contributed by atoms with Gasteiger partial charge in [-0.3, -0.25) is 4.79 Å². The molecule has 0 amide bonds. The molecular formula is C28H33NO4. The van der Waals surface area contributed by atoms with E-state index < -0.39 is 5.97 Å². The lowest BCUT2D eigenvalue weighted by Crippen LogP contribution is -2.24. The first kappa shape index (κ1) is 24.3. The quantitative estimate of drug-likeness (QED) is 0.282. The Bertz CT molecular complexity index is 1160. The first-order chi connectivity index (χ1) is 15.8. The van der Waals surface area contributed by atoms with Gasteiger partial charge in [0.2, 0.25) is 0 Å². The predicted octanol–water partition coefficient (Wildman–Crippen LogP) is 6.02. The number of rotatable bonds is 10. The number of carbonyl (C=O) groups is 1. The van der Waals surface area contributed by atoms with E-state index in [0.29, 0.717) is 24.7 Å². The van der Waals surface area contributed by atoms with E-state index in [-0.39, 0.29) is 17.5 Å². The SMILES string of the molecule is C=CC(=O)OCCC(C)C(C)COc1ccc2c(c1)cc(-c1ccccc1)c(=O)n2C(C)C. The maximum atomic E-state index is 13.2. The number of aromatic nitrogens is 1. The summed E-state index contributed by atoms with van der Waals surface area (Å²) < 4.78 is 13.0. The Balaban J connectivity index is 1.80. The highest BCUT2D eigenvalue weighted by Gasteiger charge is 2.16. The maximum absolute atomic E-state index is 13.2. The first-order valence-electron chi connectivity index (χ1n) is 11.5. The van der Waals surface area contributed by atoms with Crippen LogP contribution in [0.2, 0.25) is 0 Å². The van der Waals surface area contributed by atoms with Crippen LogP contribution in [0.4, 0.5) is 0 Å². The minimum atomic E-state index is -0.392.